The molecule has 0 saturated heterocycles. The lowest BCUT2D eigenvalue weighted by atomic mass is 10.2. The number of alkyl halides is 2. The van der Waals surface area contributed by atoms with Crippen LogP contribution in [0.5, 0.6) is 0 Å². The first kappa shape index (κ1) is 22.9. The second-order valence-corrected chi connectivity index (χ2v) is 7.20. The van der Waals surface area contributed by atoms with Gasteiger partial charge in [0.2, 0.25) is 5.91 Å². The van der Waals surface area contributed by atoms with Crippen LogP contribution < -0.4 is 26.2 Å². The standard InChI is InChI=1S/C21H21F3N6O2/c1-13-6-8-25-15(18(13)22)10-27-17(31)11-30-14(2)9-28-19(20(30)32)29-12-21(23,24)16-5-3-4-7-26-16/h3-9H,10-12H2,1-2H3,(H,27,31)(H,28,29)/p+2. The Morgan fingerprint density at radius 1 is 1.22 bits per heavy atom. The third-order valence-corrected chi connectivity index (χ3v) is 4.81. The Morgan fingerprint density at radius 2 is 2.00 bits per heavy atom. The fourth-order valence-corrected chi connectivity index (χ4v) is 2.95. The predicted octanol–water partition coefficient (Wildman–Crippen LogP) is 1.15. The lowest BCUT2D eigenvalue weighted by molar-refractivity contribution is -0.412. The fraction of sp³-hybridized carbons (Fsp3) is 0.286. The van der Waals surface area contributed by atoms with E-state index in [2.05, 4.69) is 25.6 Å². The van der Waals surface area contributed by atoms with Gasteiger partial charge in [0, 0.05) is 18.3 Å². The van der Waals surface area contributed by atoms with Gasteiger partial charge < -0.3 is 5.32 Å². The molecular weight excluding hydrogens is 425 g/mol. The molecule has 0 bridgehead atoms. The molecule has 0 aliphatic carbocycles. The van der Waals surface area contributed by atoms with E-state index >= 15 is 0 Å². The molecule has 32 heavy (non-hydrogen) atoms. The van der Waals surface area contributed by atoms with Crippen LogP contribution in [-0.4, -0.2) is 22.0 Å². The number of H-pyrrole nitrogens is 2. The van der Waals surface area contributed by atoms with Crippen molar-refractivity contribution in [3.63, 3.8) is 0 Å². The molecule has 8 nitrogen and oxygen atoms in total. The number of rotatable bonds is 8. The van der Waals surface area contributed by atoms with E-state index in [9.17, 15) is 22.8 Å². The number of aromatic amines is 2. The van der Waals surface area contributed by atoms with Crippen molar-refractivity contribution in [2.45, 2.75) is 32.9 Å². The monoisotopic (exact) mass is 448 g/mol. The molecule has 0 fully saturated rings. The first-order chi connectivity index (χ1) is 15.2. The first-order valence-corrected chi connectivity index (χ1v) is 9.76. The molecule has 4 N–H and O–H groups in total. The summed E-state index contributed by atoms with van der Waals surface area (Å²) in [6.45, 7) is 1.81. The highest BCUT2D eigenvalue weighted by atomic mass is 19.3. The zero-order valence-electron chi connectivity index (χ0n) is 17.5. The molecule has 0 saturated carbocycles. The Balaban J connectivity index is 1.68. The van der Waals surface area contributed by atoms with Crippen LogP contribution in [0.2, 0.25) is 0 Å². The summed E-state index contributed by atoms with van der Waals surface area (Å²) in [5.41, 5.74) is -0.0930. The molecule has 3 aromatic heterocycles. The molecular formula is C21H23F3N6O2+2. The Kier molecular flexibility index (Phi) is 6.86. The van der Waals surface area contributed by atoms with Crippen molar-refractivity contribution in [1.29, 1.82) is 0 Å². The maximum atomic E-state index is 14.4. The Bertz CT molecular complexity index is 1170. The number of hydrogen-bond donors (Lipinski definition) is 2. The minimum absolute atomic E-state index is 0.0751. The minimum atomic E-state index is -3.26. The van der Waals surface area contributed by atoms with Gasteiger partial charge in [-0.1, -0.05) is 0 Å². The largest absolute Gasteiger partial charge is 0.365 e. The number of aryl methyl sites for hydroxylation is 2. The normalized spacial score (nSPS) is 11.3. The summed E-state index contributed by atoms with van der Waals surface area (Å²) < 4.78 is 43.9. The van der Waals surface area contributed by atoms with Gasteiger partial charge in [-0.05, 0) is 31.5 Å². The molecule has 0 aliphatic rings. The van der Waals surface area contributed by atoms with E-state index in [1.807, 2.05) is 0 Å². The average molecular weight is 448 g/mol. The van der Waals surface area contributed by atoms with E-state index < -0.39 is 29.8 Å². The highest BCUT2D eigenvalue weighted by molar-refractivity contribution is 5.75. The van der Waals surface area contributed by atoms with Crippen LogP contribution in [0.4, 0.5) is 19.0 Å². The lowest BCUT2D eigenvalue weighted by Crippen LogP contribution is -2.40. The number of nitrogens with one attached hydrogen (secondary N) is 4. The number of aromatic nitrogens is 4. The van der Waals surface area contributed by atoms with Crippen molar-refractivity contribution in [3.8, 4) is 0 Å². The topological polar surface area (TPSA) is 104 Å². The average Bonchev–Trinajstić information content (AvgIpc) is 2.77. The van der Waals surface area contributed by atoms with Crippen LogP contribution in [0.15, 0.2) is 47.7 Å². The minimum Gasteiger partial charge on any atom is -0.349 e. The van der Waals surface area contributed by atoms with Crippen LogP contribution in [-0.2, 0) is 23.8 Å². The molecule has 3 heterocycles. The summed E-state index contributed by atoms with van der Waals surface area (Å²) in [5, 5.41) is 4.93. The van der Waals surface area contributed by atoms with Crippen molar-refractivity contribution in [3.05, 3.63) is 81.7 Å². The van der Waals surface area contributed by atoms with Gasteiger partial charge in [0.15, 0.2) is 12.7 Å². The van der Waals surface area contributed by atoms with Crippen LogP contribution in [0.1, 0.15) is 22.6 Å². The van der Waals surface area contributed by atoms with E-state index in [1.165, 1.54) is 36.8 Å². The van der Waals surface area contributed by atoms with Gasteiger partial charge in [0.25, 0.3) is 5.69 Å². The molecule has 0 atom stereocenters. The van der Waals surface area contributed by atoms with Gasteiger partial charge in [-0.2, -0.15) is 8.78 Å². The maximum absolute atomic E-state index is 14.4. The lowest BCUT2D eigenvalue weighted by Gasteiger charge is -2.12. The van der Waals surface area contributed by atoms with Gasteiger partial charge in [-0.3, -0.25) is 24.5 Å². The van der Waals surface area contributed by atoms with Crippen molar-refractivity contribution in [2.75, 3.05) is 11.9 Å². The van der Waals surface area contributed by atoms with E-state index in [0.717, 1.165) is 4.57 Å². The smallest absolute Gasteiger partial charge is 0.349 e. The number of carbonyl (C=O) groups is 1. The summed E-state index contributed by atoms with van der Waals surface area (Å²) in [5.74, 6) is -4.53. The molecule has 0 aliphatic heterocycles. The molecule has 0 aromatic carbocycles. The van der Waals surface area contributed by atoms with Crippen LogP contribution in [0.3, 0.4) is 0 Å². The number of carbonyl (C=O) groups excluding carboxylic acids is 1. The first-order valence-electron chi connectivity index (χ1n) is 9.76. The molecule has 3 rings (SSSR count). The van der Waals surface area contributed by atoms with Crippen LogP contribution in [0.25, 0.3) is 0 Å². The van der Waals surface area contributed by atoms with Crippen molar-refractivity contribution in [2.24, 2.45) is 0 Å². The molecule has 168 valence electrons. The Hall–Kier alpha value is -3.76. The Morgan fingerprint density at radius 3 is 2.72 bits per heavy atom. The van der Waals surface area contributed by atoms with E-state index in [0.29, 0.717) is 11.3 Å². The zero-order chi connectivity index (χ0) is 23.3. The van der Waals surface area contributed by atoms with Crippen LogP contribution >= 0.6 is 0 Å². The van der Waals surface area contributed by atoms with Gasteiger partial charge in [-0.25, -0.2) is 14.4 Å². The zero-order valence-corrected chi connectivity index (χ0v) is 17.5. The highest BCUT2D eigenvalue weighted by Crippen LogP contribution is 2.23. The van der Waals surface area contributed by atoms with Gasteiger partial charge in [-0.15, -0.1) is 0 Å². The van der Waals surface area contributed by atoms with Gasteiger partial charge >= 0.3 is 17.3 Å². The van der Waals surface area contributed by atoms with E-state index in [1.54, 1.807) is 19.9 Å². The quantitative estimate of drug-likeness (QED) is 0.539. The van der Waals surface area contributed by atoms with Crippen molar-refractivity contribution < 1.29 is 27.9 Å². The third kappa shape index (κ3) is 5.29. The summed E-state index contributed by atoms with van der Waals surface area (Å²) in [6, 6.07) is 5.81. The third-order valence-electron chi connectivity index (χ3n) is 4.81. The number of amides is 1. The molecule has 11 heteroatoms. The van der Waals surface area contributed by atoms with Crippen molar-refractivity contribution in [1.82, 2.24) is 14.9 Å². The maximum Gasteiger partial charge on any atom is 0.365 e. The molecule has 0 radical (unpaired) electrons. The number of anilines is 1. The van der Waals surface area contributed by atoms with Gasteiger partial charge in [0.05, 0.1) is 17.9 Å². The molecule has 0 spiro atoms. The molecule has 3 aromatic rings. The second-order valence-electron chi connectivity index (χ2n) is 7.20. The Labute approximate surface area is 181 Å². The fourth-order valence-electron chi connectivity index (χ4n) is 2.95. The molecule has 0 unspecified atom stereocenters. The highest BCUT2D eigenvalue weighted by Gasteiger charge is 2.40. The van der Waals surface area contributed by atoms with E-state index in [-0.39, 0.29) is 30.3 Å². The number of pyridine rings is 2. The molecule has 1 amide bonds. The van der Waals surface area contributed by atoms with Crippen molar-refractivity contribution >= 4 is 11.7 Å². The second kappa shape index (κ2) is 9.58. The van der Waals surface area contributed by atoms with E-state index in [4.69, 9.17) is 0 Å². The summed E-state index contributed by atoms with van der Waals surface area (Å²) in [7, 11) is 0. The number of halogens is 3. The number of hydrogen-bond acceptors (Lipinski definition) is 4. The summed E-state index contributed by atoms with van der Waals surface area (Å²) in [6.07, 6.45) is 4.24. The van der Waals surface area contributed by atoms with Gasteiger partial charge in [0.1, 0.15) is 18.6 Å². The van der Waals surface area contributed by atoms with Crippen LogP contribution in [0, 0.1) is 19.7 Å². The SMILES string of the molecule is Cc1ccnc(CNC(=O)Cn2c(C)c[nH+]c(NCC(F)(F)c3cccc[nH+]3)c2=O)c1F. The summed E-state index contributed by atoms with van der Waals surface area (Å²) in [4.78, 5) is 34.0. The number of nitrogens with zero attached hydrogens (tertiary/aromatic N) is 2. The summed E-state index contributed by atoms with van der Waals surface area (Å²) >= 11 is 0. The predicted molar refractivity (Wildman–Crippen MR) is 108 cm³/mol.